The van der Waals surface area contributed by atoms with Gasteiger partial charge in [0.15, 0.2) is 0 Å². The van der Waals surface area contributed by atoms with Gasteiger partial charge >= 0.3 is 5.97 Å². The Morgan fingerprint density at radius 2 is 2.31 bits per heavy atom. The third-order valence-electron chi connectivity index (χ3n) is 2.26. The van der Waals surface area contributed by atoms with Crippen LogP contribution >= 0.6 is 0 Å². The van der Waals surface area contributed by atoms with Gasteiger partial charge in [-0.2, -0.15) is 0 Å². The van der Waals surface area contributed by atoms with E-state index < -0.39 is 0 Å². The Bertz CT molecular complexity index is 321. The van der Waals surface area contributed by atoms with Crippen LogP contribution in [0.1, 0.15) is 26.0 Å². The molecule has 1 N–H and O–H groups in total. The molecule has 0 bridgehead atoms. The molecule has 0 atom stereocenters. The zero-order valence-electron chi connectivity index (χ0n) is 10.0. The molecule has 0 saturated heterocycles. The second-order valence-corrected chi connectivity index (χ2v) is 3.61. The number of carbonyl (C=O) groups is 1. The molecule has 0 spiro atoms. The van der Waals surface area contributed by atoms with Crippen LogP contribution < -0.4 is 5.32 Å². The maximum Gasteiger partial charge on any atom is 0.325 e. The van der Waals surface area contributed by atoms with Crippen LogP contribution in [0.5, 0.6) is 0 Å². The van der Waals surface area contributed by atoms with Crippen molar-refractivity contribution >= 4 is 5.97 Å². The maximum absolute atomic E-state index is 11.3. The van der Waals surface area contributed by atoms with Crippen LogP contribution in [0.3, 0.4) is 0 Å². The van der Waals surface area contributed by atoms with Gasteiger partial charge < -0.3 is 14.6 Å². The fraction of sp³-hybridized carbons (Fsp3) is 0.583. The quantitative estimate of drug-likeness (QED) is 0.564. The summed E-state index contributed by atoms with van der Waals surface area (Å²) in [6, 6.07) is 3.96. The summed E-state index contributed by atoms with van der Waals surface area (Å²) < 4.78 is 6.83. The van der Waals surface area contributed by atoms with E-state index in [0.717, 1.165) is 25.2 Å². The third kappa shape index (κ3) is 4.06. The number of nitrogens with one attached hydrogen (secondary N) is 1. The van der Waals surface area contributed by atoms with Gasteiger partial charge in [-0.3, -0.25) is 4.79 Å². The molecule has 0 amide bonds. The van der Waals surface area contributed by atoms with E-state index in [4.69, 9.17) is 4.74 Å². The first-order valence-electron chi connectivity index (χ1n) is 5.78. The van der Waals surface area contributed by atoms with Gasteiger partial charge in [0.2, 0.25) is 0 Å². The van der Waals surface area contributed by atoms with Gasteiger partial charge in [-0.15, -0.1) is 0 Å². The Hall–Kier alpha value is -1.29. The van der Waals surface area contributed by atoms with Crippen molar-refractivity contribution in [2.45, 2.75) is 33.4 Å². The average Bonchev–Trinajstić information content (AvgIpc) is 2.66. The summed E-state index contributed by atoms with van der Waals surface area (Å²) in [5.41, 5.74) is 1.11. The van der Waals surface area contributed by atoms with Crippen molar-refractivity contribution in [1.82, 2.24) is 9.88 Å². The van der Waals surface area contributed by atoms with Gasteiger partial charge in [0.1, 0.15) is 6.54 Å². The summed E-state index contributed by atoms with van der Waals surface area (Å²) in [5, 5.41) is 3.31. The van der Waals surface area contributed by atoms with Crippen LogP contribution in [0.25, 0.3) is 0 Å². The van der Waals surface area contributed by atoms with Gasteiger partial charge in [-0.25, -0.2) is 0 Å². The number of aromatic nitrogens is 1. The fourth-order valence-corrected chi connectivity index (χ4v) is 1.50. The van der Waals surface area contributed by atoms with E-state index in [1.54, 1.807) is 0 Å². The summed E-state index contributed by atoms with van der Waals surface area (Å²) in [6.45, 7) is 6.46. The molecule has 1 rings (SSSR count). The number of ether oxygens (including phenoxy) is 1. The van der Waals surface area contributed by atoms with Crippen LogP contribution in [-0.4, -0.2) is 23.7 Å². The van der Waals surface area contributed by atoms with Gasteiger partial charge in [0.05, 0.1) is 6.61 Å². The van der Waals surface area contributed by atoms with E-state index in [-0.39, 0.29) is 5.97 Å². The molecule has 0 saturated carbocycles. The minimum atomic E-state index is -0.185. The van der Waals surface area contributed by atoms with Crippen LogP contribution in [0, 0.1) is 0 Å². The Kier molecular flexibility index (Phi) is 5.64. The predicted octanol–water partition coefficient (Wildman–Crippen LogP) is 1.55. The molecule has 0 aromatic carbocycles. The molecule has 0 unspecified atom stereocenters. The summed E-state index contributed by atoms with van der Waals surface area (Å²) >= 11 is 0. The smallest absolute Gasteiger partial charge is 0.325 e. The molecule has 0 aliphatic rings. The second kappa shape index (κ2) is 7.06. The molecule has 0 fully saturated rings. The molecular weight excluding hydrogens is 204 g/mol. The standard InChI is InChI=1S/C12H20N2O2/c1-3-7-13-9-11-6-5-8-14(11)10-12(15)16-4-2/h5-6,8,13H,3-4,7,9-10H2,1-2H3. The number of hydrogen-bond donors (Lipinski definition) is 1. The topological polar surface area (TPSA) is 43.3 Å². The lowest BCUT2D eigenvalue weighted by atomic mass is 10.4. The van der Waals surface area contributed by atoms with Crippen molar-refractivity contribution in [2.75, 3.05) is 13.2 Å². The summed E-state index contributed by atoms with van der Waals surface area (Å²) in [5.74, 6) is -0.185. The highest BCUT2D eigenvalue weighted by molar-refractivity contribution is 5.69. The first kappa shape index (κ1) is 12.8. The molecule has 0 aliphatic heterocycles. The molecule has 0 aliphatic carbocycles. The molecule has 1 heterocycles. The molecule has 90 valence electrons. The largest absolute Gasteiger partial charge is 0.465 e. The molecule has 4 nitrogen and oxygen atoms in total. The summed E-state index contributed by atoms with van der Waals surface area (Å²) in [6.07, 6.45) is 3.01. The zero-order chi connectivity index (χ0) is 11.8. The van der Waals surface area contributed by atoms with E-state index in [1.165, 1.54) is 0 Å². The molecule has 16 heavy (non-hydrogen) atoms. The van der Waals surface area contributed by atoms with Gasteiger partial charge in [0, 0.05) is 18.4 Å². The van der Waals surface area contributed by atoms with Crippen molar-refractivity contribution < 1.29 is 9.53 Å². The Balaban J connectivity index is 2.46. The third-order valence-corrected chi connectivity index (χ3v) is 2.26. The number of rotatable bonds is 7. The minimum absolute atomic E-state index is 0.185. The molecule has 1 aromatic heterocycles. The average molecular weight is 224 g/mol. The normalized spacial score (nSPS) is 10.4. The van der Waals surface area contributed by atoms with Crippen molar-refractivity contribution in [3.63, 3.8) is 0 Å². The molecular formula is C12H20N2O2. The van der Waals surface area contributed by atoms with Crippen LogP contribution in [-0.2, 0) is 22.6 Å². The fourth-order valence-electron chi connectivity index (χ4n) is 1.50. The highest BCUT2D eigenvalue weighted by atomic mass is 16.5. The van der Waals surface area contributed by atoms with Crippen molar-refractivity contribution in [2.24, 2.45) is 0 Å². The number of hydrogen-bond acceptors (Lipinski definition) is 3. The first-order valence-corrected chi connectivity index (χ1v) is 5.78. The van der Waals surface area contributed by atoms with Crippen molar-refractivity contribution in [3.05, 3.63) is 24.0 Å². The van der Waals surface area contributed by atoms with Gasteiger partial charge in [-0.1, -0.05) is 6.92 Å². The summed E-state index contributed by atoms with van der Waals surface area (Å²) in [4.78, 5) is 11.3. The first-order chi connectivity index (χ1) is 7.77. The molecule has 1 aromatic rings. The lowest BCUT2D eigenvalue weighted by Crippen LogP contribution is -2.19. The SMILES string of the molecule is CCCNCc1cccn1CC(=O)OCC. The molecule has 4 heteroatoms. The van der Waals surface area contributed by atoms with Gasteiger partial charge in [-0.05, 0) is 32.0 Å². The predicted molar refractivity (Wildman–Crippen MR) is 63.1 cm³/mol. The van der Waals surface area contributed by atoms with Crippen LogP contribution in [0.4, 0.5) is 0 Å². The number of esters is 1. The van der Waals surface area contributed by atoms with Crippen LogP contribution in [0.2, 0.25) is 0 Å². The Morgan fingerprint density at radius 3 is 3.00 bits per heavy atom. The second-order valence-electron chi connectivity index (χ2n) is 3.61. The monoisotopic (exact) mass is 224 g/mol. The number of nitrogens with zero attached hydrogens (tertiary/aromatic N) is 1. The summed E-state index contributed by atoms with van der Waals surface area (Å²) in [7, 11) is 0. The van der Waals surface area contributed by atoms with Crippen LogP contribution in [0.15, 0.2) is 18.3 Å². The van der Waals surface area contributed by atoms with E-state index in [0.29, 0.717) is 13.2 Å². The Labute approximate surface area is 96.6 Å². The number of carbonyl (C=O) groups excluding carboxylic acids is 1. The van der Waals surface area contributed by atoms with Gasteiger partial charge in [0.25, 0.3) is 0 Å². The zero-order valence-corrected chi connectivity index (χ0v) is 10.0. The molecule has 0 radical (unpaired) electrons. The van der Waals surface area contributed by atoms with E-state index in [2.05, 4.69) is 12.2 Å². The van der Waals surface area contributed by atoms with Crippen molar-refractivity contribution in [1.29, 1.82) is 0 Å². The highest BCUT2D eigenvalue weighted by Gasteiger charge is 2.06. The lowest BCUT2D eigenvalue weighted by Gasteiger charge is -2.09. The lowest BCUT2D eigenvalue weighted by molar-refractivity contribution is -0.143. The van der Waals surface area contributed by atoms with E-state index >= 15 is 0 Å². The Morgan fingerprint density at radius 1 is 1.50 bits per heavy atom. The van der Waals surface area contributed by atoms with E-state index in [1.807, 2.05) is 29.8 Å². The minimum Gasteiger partial charge on any atom is -0.465 e. The maximum atomic E-state index is 11.3. The van der Waals surface area contributed by atoms with E-state index in [9.17, 15) is 4.79 Å². The highest BCUT2D eigenvalue weighted by Crippen LogP contribution is 2.02. The van der Waals surface area contributed by atoms with Crippen molar-refractivity contribution in [3.8, 4) is 0 Å².